The third-order valence-corrected chi connectivity index (χ3v) is 1.19. The fourth-order valence-corrected chi connectivity index (χ4v) is 0.627. The first-order valence-corrected chi connectivity index (χ1v) is 2.71. The second-order valence-electron chi connectivity index (χ2n) is 1.95. The van der Waals surface area contributed by atoms with Gasteiger partial charge < -0.3 is 10.4 Å². The number of hydrogen-bond acceptors (Lipinski definition) is 2. The van der Waals surface area contributed by atoms with Gasteiger partial charge in [-0.25, -0.2) is 0 Å². The normalized spacial score (nSPS) is 26.1. The highest BCUT2D eigenvalue weighted by Gasteiger charge is 2.06. The molecule has 1 aliphatic rings. The summed E-state index contributed by atoms with van der Waals surface area (Å²) in [4.78, 5) is 0. The summed E-state index contributed by atoms with van der Waals surface area (Å²) in [6, 6.07) is 0. The van der Waals surface area contributed by atoms with Crippen molar-refractivity contribution in [2.75, 3.05) is 0 Å². The summed E-state index contributed by atoms with van der Waals surface area (Å²) in [6.07, 6.45) is 2.77. The Bertz CT molecular complexity index is 181. The van der Waals surface area contributed by atoms with Crippen LogP contribution in [0.25, 0.3) is 0 Å². The highest BCUT2D eigenvalue weighted by Crippen LogP contribution is 2.09. The maximum Gasteiger partial charge on any atom is 0.144 e. The summed E-state index contributed by atoms with van der Waals surface area (Å²) in [5.41, 5.74) is 1.50. The fraction of sp³-hybridized carbons (Fsp3) is 0.143. The molecular weight excluding hydrogens is 114 g/mol. The molecule has 2 nitrogen and oxygen atoms in total. The third kappa shape index (κ3) is 1.21. The molecule has 1 rings (SSSR count). The van der Waals surface area contributed by atoms with E-state index >= 15 is 0 Å². The van der Waals surface area contributed by atoms with Crippen LogP contribution >= 0.6 is 0 Å². The van der Waals surface area contributed by atoms with Gasteiger partial charge in [-0.3, -0.25) is 0 Å². The molecule has 1 heterocycles. The average Bonchev–Trinajstić information content (AvgIpc) is 1.80. The molecule has 0 bridgehead atoms. The molecule has 9 heavy (non-hydrogen) atoms. The Labute approximate surface area is 54.2 Å². The van der Waals surface area contributed by atoms with Crippen LogP contribution < -0.4 is 5.32 Å². The van der Waals surface area contributed by atoms with E-state index in [-0.39, 0.29) is 0 Å². The average molecular weight is 123 g/mol. The zero-order chi connectivity index (χ0) is 6.85. The van der Waals surface area contributed by atoms with E-state index < -0.39 is 6.23 Å². The molecule has 2 heteroatoms. The predicted molar refractivity (Wildman–Crippen MR) is 36.6 cm³/mol. The zero-order valence-corrected chi connectivity index (χ0v) is 5.09. The van der Waals surface area contributed by atoms with Crippen LogP contribution in [0.2, 0.25) is 0 Å². The zero-order valence-electron chi connectivity index (χ0n) is 5.09. The molecule has 0 radical (unpaired) electrons. The Balaban J connectivity index is 2.77. The van der Waals surface area contributed by atoms with Crippen LogP contribution in [0.3, 0.4) is 0 Å². The van der Waals surface area contributed by atoms with Crippen molar-refractivity contribution in [3.8, 4) is 0 Å². The van der Waals surface area contributed by atoms with Crippen molar-refractivity contribution in [1.29, 1.82) is 0 Å². The largest absolute Gasteiger partial charge is 0.370 e. The molecule has 0 aromatic carbocycles. The van der Waals surface area contributed by atoms with Crippen LogP contribution in [0, 0.1) is 0 Å². The monoisotopic (exact) mass is 123 g/mol. The molecule has 0 amide bonds. The molecule has 0 aliphatic carbocycles. The van der Waals surface area contributed by atoms with Gasteiger partial charge in [0.2, 0.25) is 0 Å². The van der Waals surface area contributed by atoms with Crippen LogP contribution in [0.15, 0.2) is 36.6 Å². The van der Waals surface area contributed by atoms with Gasteiger partial charge in [-0.15, -0.1) is 0 Å². The standard InChI is InChI=1S/C7H9NO/c1-5-3-4-7(9)8-6(5)2/h3-4,7-9H,1-2H2. The van der Waals surface area contributed by atoms with Crippen molar-refractivity contribution in [1.82, 2.24) is 5.32 Å². The minimum Gasteiger partial charge on any atom is -0.370 e. The summed E-state index contributed by atoms with van der Waals surface area (Å²) in [6.45, 7) is 7.29. The molecule has 0 aromatic heterocycles. The number of rotatable bonds is 0. The van der Waals surface area contributed by atoms with Gasteiger partial charge in [-0.1, -0.05) is 19.2 Å². The number of allylic oxidation sites excluding steroid dienone is 1. The highest BCUT2D eigenvalue weighted by molar-refractivity contribution is 5.37. The number of aliphatic hydroxyl groups excluding tert-OH is 1. The first-order valence-electron chi connectivity index (χ1n) is 2.71. The van der Waals surface area contributed by atoms with Gasteiger partial charge in [-0.05, 0) is 11.6 Å². The molecule has 0 saturated carbocycles. The quantitative estimate of drug-likeness (QED) is 0.492. The number of aliphatic hydroxyl groups is 1. The summed E-state index contributed by atoms with van der Waals surface area (Å²) < 4.78 is 0. The van der Waals surface area contributed by atoms with Gasteiger partial charge in [0.25, 0.3) is 0 Å². The second-order valence-corrected chi connectivity index (χ2v) is 1.95. The Kier molecular flexibility index (Phi) is 1.40. The molecule has 48 valence electrons. The summed E-state index contributed by atoms with van der Waals surface area (Å²) >= 11 is 0. The van der Waals surface area contributed by atoms with Crippen LogP contribution in [0.5, 0.6) is 0 Å². The van der Waals surface area contributed by atoms with E-state index in [1.165, 1.54) is 0 Å². The highest BCUT2D eigenvalue weighted by atomic mass is 16.3. The Hall–Kier alpha value is -1.02. The minimum atomic E-state index is -0.594. The summed E-state index contributed by atoms with van der Waals surface area (Å²) in [5.74, 6) is 0. The van der Waals surface area contributed by atoms with Gasteiger partial charge in [0.1, 0.15) is 6.23 Å². The lowest BCUT2D eigenvalue weighted by molar-refractivity contribution is 0.196. The van der Waals surface area contributed by atoms with Crippen LogP contribution in [-0.4, -0.2) is 11.3 Å². The van der Waals surface area contributed by atoms with E-state index in [1.54, 1.807) is 12.2 Å². The summed E-state index contributed by atoms with van der Waals surface area (Å²) in [5, 5.41) is 11.6. The van der Waals surface area contributed by atoms with Crippen LogP contribution in [0.1, 0.15) is 0 Å². The molecule has 0 fully saturated rings. The molecule has 1 unspecified atom stereocenters. The van der Waals surface area contributed by atoms with Gasteiger partial charge in [0, 0.05) is 5.70 Å². The van der Waals surface area contributed by atoms with E-state index in [2.05, 4.69) is 18.5 Å². The van der Waals surface area contributed by atoms with Crippen molar-refractivity contribution in [3.05, 3.63) is 36.6 Å². The Morgan fingerprint density at radius 2 is 2.22 bits per heavy atom. The van der Waals surface area contributed by atoms with Gasteiger partial charge in [0.05, 0.1) is 0 Å². The maximum absolute atomic E-state index is 8.90. The Morgan fingerprint density at radius 1 is 1.56 bits per heavy atom. The minimum absolute atomic E-state index is 0.594. The fourth-order valence-electron chi connectivity index (χ4n) is 0.627. The second kappa shape index (κ2) is 2.07. The van der Waals surface area contributed by atoms with E-state index in [0.29, 0.717) is 5.70 Å². The van der Waals surface area contributed by atoms with Gasteiger partial charge >= 0.3 is 0 Å². The van der Waals surface area contributed by atoms with Crippen LogP contribution in [0.4, 0.5) is 0 Å². The molecule has 0 saturated heterocycles. The van der Waals surface area contributed by atoms with Crippen molar-refractivity contribution in [2.45, 2.75) is 6.23 Å². The number of hydrogen-bond donors (Lipinski definition) is 2. The van der Waals surface area contributed by atoms with Gasteiger partial charge in [-0.2, -0.15) is 0 Å². The van der Waals surface area contributed by atoms with E-state index in [9.17, 15) is 0 Å². The molecule has 1 atom stereocenters. The molecular formula is C7H9NO. The van der Waals surface area contributed by atoms with Gasteiger partial charge in [0.15, 0.2) is 0 Å². The van der Waals surface area contributed by atoms with Crippen molar-refractivity contribution < 1.29 is 5.11 Å². The lowest BCUT2D eigenvalue weighted by Gasteiger charge is -2.17. The van der Waals surface area contributed by atoms with E-state index in [0.717, 1.165) is 5.57 Å². The van der Waals surface area contributed by atoms with E-state index in [1.807, 2.05) is 0 Å². The lowest BCUT2D eigenvalue weighted by Crippen LogP contribution is -2.28. The van der Waals surface area contributed by atoms with Crippen molar-refractivity contribution in [2.24, 2.45) is 0 Å². The van der Waals surface area contributed by atoms with Crippen LogP contribution in [-0.2, 0) is 0 Å². The molecule has 0 spiro atoms. The topological polar surface area (TPSA) is 32.3 Å². The van der Waals surface area contributed by atoms with Crippen molar-refractivity contribution in [3.63, 3.8) is 0 Å². The lowest BCUT2D eigenvalue weighted by atomic mass is 10.1. The van der Waals surface area contributed by atoms with Crippen molar-refractivity contribution >= 4 is 0 Å². The molecule has 1 aliphatic heterocycles. The maximum atomic E-state index is 8.90. The SMILES string of the molecule is C=C1C=CC(O)NC1=C. The number of nitrogens with one attached hydrogen (secondary N) is 1. The first kappa shape index (κ1) is 6.11. The first-order chi connectivity index (χ1) is 4.20. The Morgan fingerprint density at radius 3 is 2.67 bits per heavy atom. The molecule has 2 N–H and O–H groups in total. The van der Waals surface area contributed by atoms with E-state index in [4.69, 9.17) is 5.11 Å². The summed E-state index contributed by atoms with van der Waals surface area (Å²) in [7, 11) is 0. The smallest absolute Gasteiger partial charge is 0.144 e. The molecule has 0 aromatic rings. The predicted octanol–water partition coefficient (Wildman–Crippen LogP) is 0.534. The third-order valence-electron chi connectivity index (χ3n) is 1.19.